The number of hydrogen-bond donors (Lipinski definition) is 1. The van der Waals surface area contributed by atoms with E-state index in [1.165, 1.54) is 19.1 Å². The van der Waals surface area contributed by atoms with Crippen molar-refractivity contribution in [1.82, 2.24) is 0 Å². The van der Waals surface area contributed by atoms with Gasteiger partial charge in [0.2, 0.25) is 0 Å². The van der Waals surface area contributed by atoms with E-state index < -0.39 is 5.97 Å². The molecule has 0 aliphatic carbocycles. The molecule has 0 atom stereocenters. The highest BCUT2D eigenvalue weighted by Gasteiger charge is 1.91. The van der Waals surface area contributed by atoms with E-state index in [2.05, 4.69) is 35.8 Å². The van der Waals surface area contributed by atoms with Crippen molar-refractivity contribution < 1.29 is 29.0 Å². The lowest BCUT2D eigenvalue weighted by Gasteiger charge is -1.97. The molecule has 0 aromatic heterocycles. The van der Waals surface area contributed by atoms with Gasteiger partial charge in [0.15, 0.2) is 0 Å². The Balaban J connectivity index is -0.000000129. The zero-order valence-corrected chi connectivity index (χ0v) is 15.8. The molecule has 0 unspecified atom stereocenters. The standard InChI is InChI=1S/C7H12O2.C5H8O2.C4H6O2.C3H3N/c1-3-5-6-9-7(8)4-2;1-3-5(6)7-4-2;1-3(2)4(5)6;1-2-3-4/h4H,2-3,5-6H2,1H3;3H,1,4H2,2H3;1H2,2H3,(H,5,6);2H,1H2. The lowest BCUT2D eigenvalue weighted by Crippen LogP contribution is -2.00. The van der Waals surface area contributed by atoms with Gasteiger partial charge in [-0.15, -0.1) is 0 Å². The number of aliphatic carboxylic acids is 1. The fraction of sp³-hybridized carbons (Fsp3) is 0.368. The van der Waals surface area contributed by atoms with Gasteiger partial charge in [-0.25, -0.2) is 14.4 Å². The molecule has 0 heterocycles. The number of carboxylic acids is 1. The minimum atomic E-state index is -0.935. The second kappa shape index (κ2) is 26.7. The van der Waals surface area contributed by atoms with Gasteiger partial charge in [-0.2, -0.15) is 5.26 Å². The van der Waals surface area contributed by atoms with Crippen molar-refractivity contribution in [2.45, 2.75) is 33.6 Å². The molecule has 0 aromatic carbocycles. The monoisotopic (exact) mass is 367 g/mol. The van der Waals surface area contributed by atoms with Gasteiger partial charge in [0.05, 0.1) is 19.3 Å². The molecule has 7 heteroatoms. The smallest absolute Gasteiger partial charge is 0.330 e. The molecule has 0 bridgehead atoms. The van der Waals surface area contributed by atoms with Crippen molar-refractivity contribution in [1.29, 1.82) is 5.26 Å². The van der Waals surface area contributed by atoms with Crippen LogP contribution in [0.5, 0.6) is 0 Å². The van der Waals surface area contributed by atoms with Gasteiger partial charge in [0, 0.05) is 23.8 Å². The van der Waals surface area contributed by atoms with Gasteiger partial charge in [-0.3, -0.25) is 0 Å². The molecule has 0 aromatic rings. The lowest BCUT2D eigenvalue weighted by molar-refractivity contribution is -0.138. The minimum absolute atomic E-state index is 0.176. The van der Waals surface area contributed by atoms with Crippen LogP contribution in [0, 0.1) is 11.3 Å². The van der Waals surface area contributed by atoms with Crippen LogP contribution in [0.4, 0.5) is 0 Å². The molecule has 0 aliphatic rings. The Labute approximate surface area is 155 Å². The van der Waals surface area contributed by atoms with Crippen molar-refractivity contribution in [2.75, 3.05) is 13.2 Å². The van der Waals surface area contributed by atoms with Crippen LogP contribution in [0.25, 0.3) is 0 Å². The third-order valence-corrected chi connectivity index (χ3v) is 1.82. The topological polar surface area (TPSA) is 114 Å². The van der Waals surface area contributed by atoms with E-state index in [1.807, 2.05) is 6.92 Å². The van der Waals surface area contributed by atoms with Gasteiger partial charge in [0.1, 0.15) is 0 Å². The van der Waals surface area contributed by atoms with Crippen LogP contribution in [0.1, 0.15) is 33.6 Å². The fourth-order valence-corrected chi connectivity index (χ4v) is 0.577. The second-order valence-corrected chi connectivity index (χ2v) is 4.10. The maximum absolute atomic E-state index is 10.3. The van der Waals surface area contributed by atoms with Crippen LogP contribution >= 0.6 is 0 Å². The van der Waals surface area contributed by atoms with Gasteiger partial charge in [0.25, 0.3) is 0 Å². The van der Waals surface area contributed by atoms with Crippen LogP contribution < -0.4 is 0 Å². The highest BCUT2D eigenvalue weighted by atomic mass is 16.5. The first kappa shape index (κ1) is 30.7. The summed E-state index contributed by atoms with van der Waals surface area (Å²) in [6, 6.07) is 1.69. The van der Waals surface area contributed by atoms with Gasteiger partial charge < -0.3 is 14.6 Å². The third kappa shape index (κ3) is 42.8. The summed E-state index contributed by atoms with van der Waals surface area (Å²) in [5, 5.41) is 15.4. The van der Waals surface area contributed by atoms with Crippen molar-refractivity contribution in [3.8, 4) is 6.07 Å². The zero-order valence-electron chi connectivity index (χ0n) is 15.8. The van der Waals surface area contributed by atoms with E-state index in [-0.39, 0.29) is 17.5 Å². The van der Waals surface area contributed by atoms with E-state index in [9.17, 15) is 14.4 Å². The molecule has 7 nitrogen and oxygen atoms in total. The summed E-state index contributed by atoms with van der Waals surface area (Å²) in [7, 11) is 0. The van der Waals surface area contributed by atoms with Crippen molar-refractivity contribution in [2.24, 2.45) is 0 Å². The second-order valence-electron chi connectivity index (χ2n) is 4.10. The number of ether oxygens (including phenoxy) is 2. The molecule has 0 fully saturated rings. The molecule has 26 heavy (non-hydrogen) atoms. The van der Waals surface area contributed by atoms with E-state index in [0.29, 0.717) is 13.2 Å². The summed E-state index contributed by atoms with van der Waals surface area (Å²) < 4.78 is 9.11. The first-order valence-corrected chi connectivity index (χ1v) is 7.65. The number of rotatable bonds is 7. The molecule has 1 N–H and O–H groups in total. The Morgan fingerprint density at radius 2 is 1.46 bits per heavy atom. The molecule has 0 radical (unpaired) electrons. The Hall–Kier alpha value is -3.14. The highest BCUT2D eigenvalue weighted by Crippen LogP contribution is 1.88. The first-order valence-electron chi connectivity index (χ1n) is 7.65. The minimum Gasteiger partial charge on any atom is -0.478 e. The number of carboxylic acid groups (broad SMARTS) is 1. The summed E-state index contributed by atoms with van der Waals surface area (Å²) in [4.78, 5) is 30.0. The number of unbranched alkanes of at least 4 members (excludes halogenated alkanes) is 1. The van der Waals surface area contributed by atoms with Gasteiger partial charge >= 0.3 is 17.9 Å². The number of esters is 2. The fourth-order valence-electron chi connectivity index (χ4n) is 0.577. The molecular formula is C19H29NO6. The molecule has 0 spiro atoms. The number of carbonyl (C=O) groups excluding carboxylic acids is 2. The van der Waals surface area contributed by atoms with E-state index >= 15 is 0 Å². The molecule has 146 valence electrons. The summed E-state index contributed by atoms with van der Waals surface area (Å²) in [5.74, 6) is -1.62. The molecular weight excluding hydrogens is 338 g/mol. The number of hydrogen-bond acceptors (Lipinski definition) is 6. The Morgan fingerprint density at radius 1 is 1.08 bits per heavy atom. The van der Waals surface area contributed by atoms with Gasteiger partial charge in [-0.05, 0) is 20.3 Å². The van der Waals surface area contributed by atoms with Crippen LogP contribution in [-0.4, -0.2) is 36.2 Å². The predicted octanol–water partition coefficient (Wildman–Crippen LogP) is 3.59. The molecule has 0 amide bonds. The summed E-state index contributed by atoms with van der Waals surface area (Å²) in [6.45, 7) is 18.9. The van der Waals surface area contributed by atoms with E-state index in [0.717, 1.165) is 18.9 Å². The third-order valence-electron chi connectivity index (χ3n) is 1.82. The average Bonchev–Trinajstić information content (AvgIpc) is 2.63. The summed E-state index contributed by atoms with van der Waals surface area (Å²) >= 11 is 0. The van der Waals surface area contributed by atoms with E-state index in [4.69, 9.17) is 10.4 Å². The van der Waals surface area contributed by atoms with E-state index in [1.54, 1.807) is 13.0 Å². The number of allylic oxidation sites excluding steroid dienone is 1. The largest absolute Gasteiger partial charge is 0.478 e. The lowest BCUT2D eigenvalue weighted by atomic mass is 10.4. The predicted molar refractivity (Wildman–Crippen MR) is 101 cm³/mol. The Kier molecular flexibility index (Phi) is 31.6. The number of nitrogens with zero attached hydrogens (tertiary/aromatic N) is 1. The van der Waals surface area contributed by atoms with Crippen molar-refractivity contribution >= 4 is 17.9 Å². The molecule has 0 aliphatic heterocycles. The van der Waals surface area contributed by atoms with Crippen LogP contribution in [0.15, 0.2) is 50.1 Å². The van der Waals surface area contributed by atoms with Crippen molar-refractivity contribution in [3.63, 3.8) is 0 Å². The zero-order chi connectivity index (χ0) is 21.4. The van der Waals surface area contributed by atoms with Crippen LogP contribution in [0.2, 0.25) is 0 Å². The summed E-state index contributed by atoms with van der Waals surface area (Å²) in [5.41, 5.74) is 0.176. The first-order chi connectivity index (χ1) is 12.2. The molecule has 0 rings (SSSR count). The number of carbonyl (C=O) groups is 3. The van der Waals surface area contributed by atoms with Crippen molar-refractivity contribution in [3.05, 3.63) is 50.1 Å². The maximum Gasteiger partial charge on any atom is 0.330 e. The average molecular weight is 367 g/mol. The van der Waals surface area contributed by atoms with Crippen LogP contribution in [0.3, 0.4) is 0 Å². The normalized spacial score (nSPS) is 7.31. The Morgan fingerprint density at radius 3 is 1.65 bits per heavy atom. The number of nitriles is 1. The highest BCUT2D eigenvalue weighted by molar-refractivity contribution is 5.84. The maximum atomic E-state index is 10.3. The molecule has 0 saturated heterocycles. The summed E-state index contributed by atoms with van der Waals surface area (Å²) in [6.07, 6.45) is 5.48. The Bertz CT molecular complexity index is 477. The van der Waals surface area contributed by atoms with Crippen LogP contribution in [-0.2, 0) is 23.9 Å². The van der Waals surface area contributed by atoms with Gasteiger partial charge in [-0.1, -0.05) is 39.7 Å². The molecule has 0 saturated carbocycles. The SMILES string of the molecule is C=C(C)C(=O)O.C=CC#N.C=CC(=O)OCC.C=CC(=O)OCCCC. The quantitative estimate of drug-likeness (QED) is 0.316.